The summed E-state index contributed by atoms with van der Waals surface area (Å²) in [7, 11) is 0. The van der Waals surface area contributed by atoms with E-state index in [4.69, 9.17) is 0 Å². The molecule has 112 valence electrons. The highest BCUT2D eigenvalue weighted by atomic mass is 16.1. The van der Waals surface area contributed by atoms with Crippen molar-refractivity contribution in [3.8, 4) is 0 Å². The number of rotatable bonds is 12. The average molecular weight is 267 g/mol. The fourth-order valence-corrected chi connectivity index (χ4v) is 2.92. The van der Waals surface area contributed by atoms with Gasteiger partial charge in [0.1, 0.15) is 5.78 Å². The molecule has 0 spiro atoms. The van der Waals surface area contributed by atoms with Crippen molar-refractivity contribution in [2.45, 2.75) is 84.0 Å². The summed E-state index contributed by atoms with van der Waals surface area (Å²) >= 11 is 0. The fraction of sp³-hybridized carbons (Fsp3) is 0.941. The maximum Gasteiger partial charge on any atom is 0.137 e. The second-order valence-corrected chi connectivity index (χ2v) is 6.09. The fourth-order valence-electron chi connectivity index (χ4n) is 2.92. The van der Waals surface area contributed by atoms with Gasteiger partial charge in [-0.3, -0.25) is 4.79 Å². The summed E-state index contributed by atoms with van der Waals surface area (Å²) in [6.45, 7) is 4.23. The van der Waals surface area contributed by atoms with E-state index in [0.29, 0.717) is 11.7 Å². The van der Waals surface area contributed by atoms with Crippen molar-refractivity contribution >= 4 is 5.78 Å². The lowest BCUT2D eigenvalue weighted by atomic mass is 9.98. The van der Waals surface area contributed by atoms with E-state index in [1.165, 1.54) is 57.8 Å². The van der Waals surface area contributed by atoms with Crippen molar-refractivity contribution in [3.05, 3.63) is 0 Å². The third kappa shape index (κ3) is 8.41. The van der Waals surface area contributed by atoms with Crippen LogP contribution in [0.15, 0.2) is 0 Å². The third-order valence-electron chi connectivity index (χ3n) is 4.29. The monoisotopic (exact) mass is 267 g/mol. The van der Waals surface area contributed by atoms with E-state index in [1.807, 2.05) is 0 Å². The molecule has 1 aliphatic heterocycles. The van der Waals surface area contributed by atoms with Gasteiger partial charge >= 0.3 is 0 Å². The second kappa shape index (κ2) is 11.5. The summed E-state index contributed by atoms with van der Waals surface area (Å²) in [5, 5.41) is 3.27. The van der Waals surface area contributed by atoms with Gasteiger partial charge in [0.25, 0.3) is 0 Å². The van der Waals surface area contributed by atoms with Crippen LogP contribution in [0.4, 0.5) is 0 Å². The smallest absolute Gasteiger partial charge is 0.137 e. The molecule has 0 saturated carbocycles. The number of hydrogen-bond acceptors (Lipinski definition) is 2. The predicted octanol–water partition coefficient (Wildman–Crippen LogP) is 4.48. The molecule has 2 heteroatoms. The van der Waals surface area contributed by atoms with Gasteiger partial charge in [-0.05, 0) is 19.4 Å². The minimum Gasteiger partial charge on any atom is -0.316 e. The van der Waals surface area contributed by atoms with E-state index in [1.54, 1.807) is 0 Å². The number of carbonyl (C=O) groups excluding carboxylic acids is 1. The lowest BCUT2D eigenvalue weighted by molar-refractivity contribution is -0.122. The summed E-state index contributed by atoms with van der Waals surface area (Å²) in [6, 6.07) is 0. The average Bonchev–Trinajstić information content (AvgIpc) is 2.95. The normalized spacial score (nSPS) is 18.9. The first-order valence-electron chi connectivity index (χ1n) is 8.58. The predicted molar refractivity (Wildman–Crippen MR) is 82.4 cm³/mol. The van der Waals surface area contributed by atoms with Gasteiger partial charge < -0.3 is 5.32 Å². The molecule has 1 N–H and O–H groups in total. The first-order valence-corrected chi connectivity index (χ1v) is 8.58. The molecule has 0 aromatic rings. The van der Waals surface area contributed by atoms with E-state index in [2.05, 4.69) is 12.2 Å². The van der Waals surface area contributed by atoms with Crippen LogP contribution in [0, 0.1) is 5.92 Å². The number of nitrogens with one attached hydrogen (secondary N) is 1. The highest BCUT2D eigenvalue weighted by Gasteiger charge is 2.21. The van der Waals surface area contributed by atoms with Crippen LogP contribution in [-0.4, -0.2) is 18.9 Å². The Morgan fingerprint density at radius 2 is 1.53 bits per heavy atom. The van der Waals surface area contributed by atoms with Crippen LogP contribution in [0.3, 0.4) is 0 Å². The number of carbonyl (C=O) groups is 1. The van der Waals surface area contributed by atoms with Crippen LogP contribution in [0.5, 0.6) is 0 Å². The Hall–Kier alpha value is -0.370. The van der Waals surface area contributed by atoms with Crippen LogP contribution in [-0.2, 0) is 4.79 Å². The Morgan fingerprint density at radius 1 is 0.947 bits per heavy atom. The number of unbranched alkanes of at least 4 members (excludes halogenated alkanes) is 9. The molecule has 1 fully saturated rings. The Kier molecular flexibility index (Phi) is 10.1. The maximum atomic E-state index is 11.8. The van der Waals surface area contributed by atoms with E-state index >= 15 is 0 Å². The van der Waals surface area contributed by atoms with Gasteiger partial charge in [0, 0.05) is 18.9 Å². The van der Waals surface area contributed by atoms with Gasteiger partial charge in [-0.1, -0.05) is 64.7 Å². The van der Waals surface area contributed by atoms with E-state index < -0.39 is 0 Å². The van der Waals surface area contributed by atoms with Crippen molar-refractivity contribution in [2.24, 2.45) is 5.92 Å². The lowest BCUT2D eigenvalue weighted by Gasteiger charge is -2.06. The number of ketones is 1. The molecule has 0 bridgehead atoms. The summed E-state index contributed by atoms with van der Waals surface area (Å²) < 4.78 is 0. The van der Waals surface area contributed by atoms with Gasteiger partial charge in [0.05, 0.1) is 0 Å². The van der Waals surface area contributed by atoms with Crippen molar-refractivity contribution < 1.29 is 4.79 Å². The van der Waals surface area contributed by atoms with Gasteiger partial charge in [0.2, 0.25) is 0 Å². The quantitative estimate of drug-likeness (QED) is 0.528. The lowest BCUT2D eigenvalue weighted by Crippen LogP contribution is -2.17. The second-order valence-electron chi connectivity index (χ2n) is 6.09. The van der Waals surface area contributed by atoms with Gasteiger partial charge in [0.15, 0.2) is 0 Å². The highest BCUT2D eigenvalue weighted by Crippen LogP contribution is 2.15. The molecule has 1 heterocycles. The Labute approximate surface area is 119 Å². The number of Topliss-reactive ketones (excluding diaryl/α,β-unsaturated/α-hetero) is 1. The standard InChI is InChI=1S/C17H33NO/c1-2-3-4-5-6-7-8-9-10-11-12-17(19)16-13-14-18-15-16/h16,18H,2-15H2,1H3. The molecule has 0 amide bonds. The molecule has 1 unspecified atom stereocenters. The van der Waals surface area contributed by atoms with Crippen LogP contribution < -0.4 is 5.32 Å². The number of hydrogen-bond donors (Lipinski definition) is 1. The highest BCUT2D eigenvalue weighted by molar-refractivity contribution is 5.81. The zero-order valence-electron chi connectivity index (χ0n) is 12.9. The van der Waals surface area contributed by atoms with Crippen molar-refractivity contribution in [1.29, 1.82) is 0 Å². The summed E-state index contributed by atoms with van der Waals surface area (Å²) in [5.41, 5.74) is 0. The van der Waals surface area contributed by atoms with E-state index in [0.717, 1.165) is 32.4 Å². The zero-order chi connectivity index (χ0) is 13.8. The Bertz CT molecular complexity index is 221. The summed E-state index contributed by atoms with van der Waals surface area (Å²) in [4.78, 5) is 11.8. The first-order chi connectivity index (χ1) is 9.34. The minimum absolute atomic E-state index is 0.332. The maximum absolute atomic E-state index is 11.8. The van der Waals surface area contributed by atoms with Crippen molar-refractivity contribution in [2.75, 3.05) is 13.1 Å². The minimum atomic E-state index is 0.332. The topological polar surface area (TPSA) is 29.1 Å². The van der Waals surface area contributed by atoms with Crippen LogP contribution in [0.1, 0.15) is 84.0 Å². The molecule has 1 atom stereocenters. The van der Waals surface area contributed by atoms with E-state index in [9.17, 15) is 4.79 Å². The molecular weight excluding hydrogens is 234 g/mol. The first kappa shape index (κ1) is 16.7. The molecule has 1 saturated heterocycles. The van der Waals surface area contributed by atoms with Crippen LogP contribution >= 0.6 is 0 Å². The van der Waals surface area contributed by atoms with Gasteiger partial charge in [-0.25, -0.2) is 0 Å². The molecule has 2 nitrogen and oxygen atoms in total. The molecule has 0 radical (unpaired) electrons. The largest absolute Gasteiger partial charge is 0.316 e. The third-order valence-corrected chi connectivity index (χ3v) is 4.29. The van der Waals surface area contributed by atoms with Crippen molar-refractivity contribution in [3.63, 3.8) is 0 Å². The van der Waals surface area contributed by atoms with E-state index in [-0.39, 0.29) is 0 Å². The van der Waals surface area contributed by atoms with Crippen molar-refractivity contribution in [1.82, 2.24) is 5.32 Å². The Balaban J connectivity index is 1.79. The molecule has 19 heavy (non-hydrogen) atoms. The molecular formula is C17H33NO. The molecule has 0 aliphatic carbocycles. The Morgan fingerprint density at radius 3 is 2.05 bits per heavy atom. The van der Waals surface area contributed by atoms with Gasteiger partial charge in [-0.2, -0.15) is 0 Å². The molecule has 1 aliphatic rings. The zero-order valence-corrected chi connectivity index (χ0v) is 12.9. The molecule has 1 rings (SSSR count). The summed E-state index contributed by atoms with van der Waals surface area (Å²) in [5.74, 6) is 0.836. The molecule has 0 aromatic carbocycles. The van der Waals surface area contributed by atoms with Crippen LogP contribution in [0.25, 0.3) is 0 Å². The van der Waals surface area contributed by atoms with Crippen LogP contribution in [0.2, 0.25) is 0 Å². The SMILES string of the molecule is CCCCCCCCCCCCC(=O)C1CCNC1. The van der Waals surface area contributed by atoms with Gasteiger partial charge in [-0.15, -0.1) is 0 Å². The molecule has 0 aromatic heterocycles. The summed E-state index contributed by atoms with van der Waals surface area (Å²) in [6.07, 6.45) is 15.3.